The number of esters is 2. The predicted molar refractivity (Wildman–Crippen MR) is 229 cm³/mol. The Morgan fingerprint density at radius 3 is 1.45 bits per heavy atom. The quantitative estimate of drug-likeness (QED) is 0.0268. The Morgan fingerprint density at radius 2 is 0.945 bits per heavy atom. The van der Waals surface area contributed by atoms with E-state index in [0.717, 1.165) is 89.9 Å². The zero-order chi connectivity index (χ0) is 40.3. The van der Waals surface area contributed by atoms with Gasteiger partial charge in [0.1, 0.15) is 6.61 Å². The highest BCUT2D eigenvalue weighted by Crippen LogP contribution is 2.43. The molecular weight excluding hydrogens is 713 g/mol. The number of hydrogen-bond donors (Lipinski definition) is 2. The molecule has 0 radical (unpaired) electrons. The summed E-state index contributed by atoms with van der Waals surface area (Å²) in [6, 6.07) is 0. The Kier molecular flexibility index (Phi) is 40.1. The van der Waals surface area contributed by atoms with Crippen molar-refractivity contribution in [3.8, 4) is 0 Å². The average Bonchev–Trinajstić information content (AvgIpc) is 3.17. The number of ether oxygens (including phenoxy) is 2. The van der Waals surface area contributed by atoms with Crippen molar-refractivity contribution in [1.29, 1.82) is 0 Å². The largest absolute Gasteiger partial charge is 0.472 e. The minimum Gasteiger partial charge on any atom is -0.462 e. The van der Waals surface area contributed by atoms with Crippen molar-refractivity contribution < 1.29 is 37.6 Å². The molecule has 320 valence electrons. The normalized spacial score (nSPS) is 13.7. The molecule has 0 aromatic carbocycles. The molecule has 0 spiro atoms. The van der Waals surface area contributed by atoms with Crippen LogP contribution in [-0.2, 0) is 32.7 Å². The van der Waals surface area contributed by atoms with Gasteiger partial charge in [0, 0.05) is 19.4 Å². The van der Waals surface area contributed by atoms with E-state index in [9.17, 15) is 19.0 Å². The summed E-state index contributed by atoms with van der Waals surface area (Å²) in [7, 11) is -4.38. The number of allylic oxidation sites excluding steroid dienone is 8. The predicted octanol–water partition coefficient (Wildman–Crippen LogP) is 12.7. The van der Waals surface area contributed by atoms with Crippen LogP contribution in [0, 0.1) is 0 Å². The molecule has 0 aliphatic rings. The smallest absolute Gasteiger partial charge is 0.462 e. The van der Waals surface area contributed by atoms with Crippen LogP contribution < -0.4 is 5.73 Å². The van der Waals surface area contributed by atoms with Crippen molar-refractivity contribution in [2.45, 2.75) is 200 Å². The second-order valence-corrected chi connectivity index (χ2v) is 16.0. The van der Waals surface area contributed by atoms with Crippen molar-refractivity contribution in [3.05, 3.63) is 48.6 Å². The molecule has 0 bridgehead atoms. The first-order chi connectivity index (χ1) is 26.8. The maximum atomic E-state index is 12.6. The van der Waals surface area contributed by atoms with Crippen LogP contribution in [0.4, 0.5) is 0 Å². The molecule has 0 fully saturated rings. The molecule has 0 amide bonds. The summed E-state index contributed by atoms with van der Waals surface area (Å²) in [4.78, 5) is 34.9. The monoisotopic (exact) mass is 796 g/mol. The van der Waals surface area contributed by atoms with Crippen LogP contribution in [0.1, 0.15) is 194 Å². The number of hydrogen-bond acceptors (Lipinski definition) is 8. The average molecular weight is 796 g/mol. The Morgan fingerprint density at radius 1 is 0.545 bits per heavy atom. The Labute approximate surface area is 336 Å². The summed E-state index contributed by atoms with van der Waals surface area (Å²) in [6.45, 7) is 3.67. The van der Waals surface area contributed by atoms with Crippen LogP contribution in [0.2, 0.25) is 0 Å². The molecule has 55 heavy (non-hydrogen) atoms. The van der Waals surface area contributed by atoms with E-state index in [2.05, 4.69) is 62.5 Å². The maximum absolute atomic E-state index is 12.6. The fraction of sp³-hybridized carbons (Fsp3) is 0.778. The van der Waals surface area contributed by atoms with Crippen LogP contribution in [0.3, 0.4) is 0 Å². The second kappa shape index (κ2) is 41.6. The molecule has 0 aromatic heterocycles. The van der Waals surface area contributed by atoms with Crippen molar-refractivity contribution in [1.82, 2.24) is 0 Å². The van der Waals surface area contributed by atoms with Crippen LogP contribution in [0.15, 0.2) is 48.6 Å². The van der Waals surface area contributed by atoms with Gasteiger partial charge < -0.3 is 20.1 Å². The van der Waals surface area contributed by atoms with E-state index >= 15 is 0 Å². The van der Waals surface area contributed by atoms with Gasteiger partial charge in [-0.15, -0.1) is 0 Å². The molecule has 9 nitrogen and oxygen atoms in total. The number of unbranched alkanes of at least 4 members (excludes halogenated alkanes) is 20. The summed E-state index contributed by atoms with van der Waals surface area (Å²) in [5.74, 6) is -0.853. The van der Waals surface area contributed by atoms with E-state index in [1.54, 1.807) is 0 Å². The van der Waals surface area contributed by atoms with Crippen molar-refractivity contribution in [2.75, 3.05) is 26.4 Å². The van der Waals surface area contributed by atoms with Crippen LogP contribution in [-0.4, -0.2) is 49.3 Å². The van der Waals surface area contributed by atoms with Gasteiger partial charge in [0.2, 0.25) is 0 Å². The van der Waals surface area contributed by atoms with E-state index in [1.807, 2.05) is 0 Å². The molecule has 2 unspecified atom stereocenters. The van der Waals surface area contributed by atoms with E-state index < -0.39 is 32.5 Å². The van der Waals surface area contributed by atoms with Gasteiger partial charge >= 0.3 is 19.8 Å². The third-order valence-electron chi connectivity index (χ3n) is 9.19. The molecule has 3 N–H and O–H groups in total. The Bertz CT molecular complexity index is 1040. The number of phosphoric acid groups is 1. The molecule has 0 saturated heterocycles. The number of nitrogens with two attached hydrogens (primary N) is 1. The number of phosphoric ester groups is 1. The number of carbonyl (C=O) groups is 2. The molecule has 0 saturated carbocycles. The molecule has 0 aliphatic carbocycles. The highest BCUT2D eigenvalue weighted by Gasteiger charge is 2.26. The number of carbonyl (C=O) groups excluding carboxylic acids is 2. The zero-order valence-corrected chi connectivity index (χ0v) is 36.0. The molecule has 0 aromatic rings. The molecule has 0 aliphatic heterocycles. The summed E-state index contributed by atoms with van der Waals surface area (Å²) < 4.78 is 32.8. The van der Waals surface area contributed by atoms with Crippen LogP contribution in [0.5, 0.6) is 0 Å². The summed E-state index contributed by atoms with van der Waals surface area (Å²) in [5.41, 5.74) is 5.35. The SMILES string of the molecule is CCCCC/C=C\C/C=C\C/C=C\CCCCCCCCC(=O)OC(COC(=O)CCCCCCC/C=C\CCCCCCCC)COP(=O)(O)OCCN. The summed E-state index contributed by atoms with van der Waals surface area (Å²) in [6.07, 6.45) is 47.0. The minimum atomic E-state index is -4.38. The lowest BCUT2D eigenvalue weighted by Gasteiger charge is -2.19. The van der Waals surface area contributed by atoms with Gasteiger partial charge in [0.15, 0.2) is 6.10 Å². The van der Waals surface area contributed by atoms with Gasteiger partial charge in [-0.3, -0.25) is 18.6 Å². The van der Waals surface area contributed by atoms with E-state index in [0.29, 0.717) is 6.42 Å². The third kappa shape index (κ3) is 41.4. The van der Waals surface area contributed by atoms with E-state index in [1.165, 1.54) is 70.6 Å². The lowest BCUT2D eigenvalue weighted by Crippen LogP contribution is -2.29. The van der Waals surface area contributed by atoms with Crippen LogP contribution >= 0.6 is 7.82 Å². The second-order valence-electron chi connectivity index (χ2n) is 14.6. The highest BCUT2D eigenvalue weighted by molar-refractivity contribution is 7.47. The van der Waals surface area contributed by atoms with Gasteiger partial charge in [-0.25, -0.2) is 4.57 Å². The Balaban J connectivity index is 4.19. The summed E-state index contributed by atoms with van der Waals surface area (Å²) in [5, 5.41) is 0. The van der Waals surface area contributed by atoms with Crippen LogP contribution in [0.25, 0.3) is 0 Å². The first-order valence-corrected chi connectivity index (χ1v) is 23.6. The van der Waals surface area contributed by atoms with Gasteiger partial charge in [-0.05, 0) is 77.0 Å². The van der Waals surface area contributed by atoms with Crippen molar-refractivity contribution in [2.24, 2.45) is 5.73 Å². The molecular formula is C45H82NO8P. The first-order valence-electron chi connectivity index (χ1n) is 22.1. The van der Waals surface area contributed by atoms with Crippen molar-refractivity contribution in [3.63, 3.8) is 0 Å². The minimum absolute atomic E-state index is 0.0485. The van der Waals surface area contributed by atoms with Gasteiger partial charge in [-0.1, -0.05) is 152 Å². The molecule has 2 atom stereocenters. The Hall–Kier alpha value is -2.03. The highest BCUT2D eigenvalue weighted by atomic mass is 31.2. The third-order valence-corrected chi connectivity index (χ3v) is 10.2. The van der Waals surface area contributed by atoms with Gasteiger partial charge in [-0.2, -0.15) is 0 Å². The first kappa shape index (κ1) is 53.0. The lowest BCUT2D eigenvalue weighted by molar-refractivity contribution is -0.161. The molecule has 0 heterocycles. The fourth-order valence-electron chi connectivity index (χ4n) is 5.87. The maximum Gasteiger partial charge on any atom is 0.472 e. The number of rotatable bonds is 41. The zero-order valence-electron chi connectivity index (χ0n) is 35.2. The van der Waals surface area contributed by atoms with E-state index in [4.69, 9.17) is 24.3 Å². The van der Waals surface area contributed by atoms with Gasteiger partial charge in [0.25, 0.3) is 0 Å². The standard InChI is InChI=1S/C45H82NO8P/c1-3-5-7-9-11-13-15-17-19-20-21-22-24-26-28-30-32-34-36-38-45(48)54-43(42-53-55(49,50)52-40-39-46)41-51-44(47)37-35-33-31-29-27-25-23-18-16-14-12-10-8-6-4-2/h11,13,17-19,21-23,43H,3-10,12,14-16,20,24-42,46H2,1-2H3,(H,49,50)/b13-11-,19-17-,22-21-,23-18-. The van der Waals surface area contributed by atoms with Gasteiger partial charge in [0.05, 0.1) is 13.2 Å². The van der Waals surface area contributed by atoms with E-state index in [-0.39, 0.29) is 32.6 Å². The van der Waals surface area contributed by atoms with Crippen molar-refractivity contribution >= 4 is 19.8 Å². The fourth-order valence-corrected chi connectivity index (χ4v) is 6.64. The topological polar surface area (TPSA) is 134 Å². The molecule has 10 heteroatoms. The summed E-state index contributed by atoms with van der Waals surface area (Å²) >= 11 is 0. The molecule has 0 rings (SSSR count). The lowest BCUT2D eigenvalue weighted by atomic mass is 10.1.